The first-order valence-corrected chi connectivity index (χ1v) is 7.52. The topological polar surface area (TPSA) is 68.1 Å². The van der Waals surface area contributed by atoms with Crippen LogP contribution >= 0.6 is 11.9 Å². The van der Waals surface area contributed by atoms with Gasteiger partial charge in [-0.05, 0) is 26.7 Å². The highest BCUT2D eigenvalue weighted by Gasteiger charge is 2.35. The number of nitrogens with zero attached hydrogens (tertiary/aromatic N) is 1. The Labute approximate surface area is 112 Å². The third kappa shape index (κ3) is 3.60. The molecule has 2 N–H and O–H groups in total. The Kier molecular flexibility index (Phi) is 4.89. The first kappa shape index (κ1) is 14.1. The van der Waals surface area contributed by atoms with Crippen molar-refractivity contribution in [3.8, 4) is 0 Å². The Morgan fingerprint density at radius 3 is 2.56 bits per heavy atom. The summed E-state index contributed by atoms with van der Waals surface area (Å²) in [6, 6.07) is 0.442. The fourth-order valence-corrected chi connectivity index (χ4v) is 2.99. The van der Waals surface area contributed by atoms with Gasteiger partial charge in [-0.25, -0.2) is 0 Å². The van der Waals surface area contributed by atoms with Crippen molar-refractivity contribution in [3.05, 3.63) is 0 Å². The van der Waals surface area contributed by atoms with E-state index in [1.807, 2.05) is 4.90 Å². The number of likely N-dealkylation sites (tertiary alicyclic amines) is 1. The van der Waals surface area contributed by atoms with Crippen molar-refractivity contribution in [1.82, 2.24) is 4.90 Å². The first-order valence-electron chi connectivity index (χ1n) is 6.48. The van der Waals surface area contributed by atoms with Crippen LogP contribution in [-0.2, 0) is 14.3 Å². The summed E-state index contributed by atoms with van der Waals surface area (Å²) in [5, 5.41) is 5.37. The van der Waals surface area contributed by atoms with Gasteiger partial charge in [0.25, 0.3) is 0 Å². The first-order chi connectivity index (χ1) is 8.61. The van der Waals surface area contributed by atoms with E-state index in [4.69, 9.17) is 14.6 Å². The van der Waals surface area contributed by atoms with E-state index < -0.39 is 0 Å². The summed E-state index contributed by atoms with van der Waals surface area (Å²) in [6.45, 7) is 5.68. The summed E-state index contributed by atoms with van der Waals surface area (Å²) in [7, 11) is 0. The number of carbonyl (C=O) groups is 1. The lowest BCUT2D eigenvalue weighted by Gasteiger charge is -2.42. The number of rotatable bonds is 5. The summed E-state index contributed by atoms with van der Waals surface area (Å²) in [5.74, 6) is 0.488. The molecule has 2 saturated heterocycles. The summed E-state index contributed by atoms with van der Waals surface area (Å²) in [5.41, 5.74) is 0. The molecule has 0 saturated carbocycles. The second-order valence-corrected chi connectivity index (χ2v) is 5.81. The molecule has 0 radical (unpaired) electrons. The molecule has 0 aromatic heterocycles. The zero-order chi connectivity index (χ0) is 13.1. The van der Waals surface area contributed by atoms with Gasteiger partial charge in [-0.3, -0.25) is 9.93 Å². The van der Waals surface area contributed by atoms with Crippen molar-refractivity contribution in [1.29, 1.82) is 0 Å². The summed E-state index contributed by atoms with van der Waals surface area (Å²) in [4.78, 5) is 13.9. The van der Waals surface area contributed by atoms with Crippen LogP contribution in [0.4, 0.5) is 0 Å². The van der Waals surface area contributed by atoms with Gasteiger partial charge in [0.15, 0.2) is 0 Å². The van der Waals surface area contributed by atoms with Crippen LogP contribution in [-0.4, -0.2) is 54.1 Å². The van der Waals surface area contributed by atoms with Gasteiger partial charge in [0.2, 0.25) is 5.91 Å². The minimum absolute atomic E-state index is 0.131. The molecule has 5 nitrogen and oxygen atoms in total. The van der Waals surface area contributed by atoms with Crippen LogP contribution in [0.15, 0.2) is 0 Å². The Hall–Kier alpha value is -0.300. The van der Waals surface area contributed by atoms with Gasteiger partial charge < -0.3 is 14.4 Å². The number of nitrogens with two attached hydrogens (primary N) is 1. The van der Waals surface area contributed by atoms with E-state index in [2.05, 4.69) is 13.8 Å². The second kappa shape index (κ2) is 6.23. The number of epoxide rings is 1. The van der Waals surface area contributed by atoms with Gasteiger partial charge in [0, 0.05) is 12.1 Å². The van der Waals surface area contributed by atoms with E-state index in [0.717, 1.165) is 31.4 Å². The highest BCUT2D eigenvalue weighted by atomic mass is 32.2. The summed E-state index contributed by atoms with van der Waals surface area (Å²) < 4.78 is 11.0. The molecule has 18 heavy (non-hydrogen) atoms. The molecule has 0 aromatic carbocycles. The minimum atomic E-state index is 0.131. The maximum atomic E-state index is 12.0. The lowest BCUT2D eigenvalue weighted by Crippen LogP contribution is -2.52. The molecule has 3 unspecified atom stereocenters. The molecule has 2 fully saturated rings. The van der Waals surface area contributed by atoms with Crippen molar-refractivity contribution in [2.45, 2.75) is 51.0 Å². The van der Waals surface area contributed by atoms with Crippen LogP contribution in [0.1, 0.15) is 26.7 Å². The predicted molar refractivity (Wildman–Crippen MR) is 71.1 cm³/mol. The van der Waals surface area contributed by atoms with Crippen molar-refractivity contribution in [3.63, 3.8) is 0 Å². The predicted octanol–water partition coefficient (Wildman–Crippen LogP) is 0.777. The molecule has 0 aromatic rings. The van der Waals surface area contributed by atoms with E-state index in [1.54, 1.807) is 0 Å². The molecule has 2 aliphatic heterocycles. The van der Waals surface area contributed by atoms with E-state index in [9.17, 15) is 4.79 Å². The Bertz CT molecular complexity index is 287. The number of amides is 1. The maximum Gasteiger partial charge on any atom is 0.234 e. The standard InChI is InChI=1S/C12H22N2O3S/c1-8-3-10(16-5-11-6-17-11)4-9(2)14(8)12(15)7-18-13/h8-11H,3-7,13H2,1-2H3. The third-order valence-electron chi connectivity index (χ3n) is 3.57. The molecule has 2 rings (SSSR count). The highest BCUT2D eigenvalue weighted by molar-refractivity contribution is 7.97. The van der Waals surface area contributed by atoms with E-state index in [1.165, 1.54) is 0 Å². The highest BCUT2D eigenvalue weighted by Crippen LogP contribution is 2.26. The molecule has 1 amide bonds. The van der Waals surface area contributed by atoms with Gasteiger partial charge in [-0.15, -0.1) is 0 Å². The van der Waals surface area contributed by atoms with Crippen LogP contribution in [0.2, 0.25) is 0 Å². The van der Waals surface area contributed by atoms with Crippen LogP contribution in [0.3, 0.4) is 0 Å². The van der Waals surface area contributed by atoms with Crippen molar-refractivity contribution in [2.24, 2.45) is 5.14 Å². The van der Waals surface area contributed by atoms with Crippen LogP contribution in [0.25, 0.3) is 0 Å². The zero-order valence-electron chi connectivity index (χ0n) is 11.0. The molecule has 6 heteroatoms. The smallest absolute Gasteiger partial charge is 0.234 e. The fourth-order valence-electron chi connectivity index (χ4n) is 2.70. The molecule has 2 aliphatic rings. The van der Waals surface area contributed by atoms with Gasteiger partial charge in [0.1, 0.15) is 6.10 Å². The fraction of sp³-hybridized carbons (Fsp3) is 0.917. The average Bonchev–Trinajstić information content (AvgIpc) is 3.09. The average molecular weight is 274 g/mol. The van der Waals surface area contributed by atoms with Gasteiger partial charge in [-0.2, -0.15) is 0 Å². The molecule has 2 heterocycles. The normalized spacial score (nSPS) is 35.6. The van der Waals surface area contributed by atoms with E-state index in [0.29, 0.717) is 18.5 Å². The van der Waals surface area contributed by atoms with Crippen molar-refractivity contribution < 1.29 is 14.3 Å². The third-order valence-corrected chi connectivity index (χ3v) is 3.99. The van der Waals surface area contributed by atoms with Crippen LogP contribution in [0.5, 0.6) is 0 Å². The summed E-state index contributed by atoms with van der Waals surface area (Å²) in [6.07, 6.45) is 2.36. The minimum Gasteiger partial charge on any atom is -0.375 e. The van der Waals surface area contributed by atoms with Crippen molar-refractivity contribution >= 4 is 17.9 Å². The zero-order valence-corrected chi connectivity index (χ0v) is 11.8. The van der Waals surface area contributed by atoms with E-state index in [-0.39, 0.29) is 24.1 Å². The Balaban J connectivity index is 1.83. The maximum absolute atomic E-state index is 12.0. The van der Waals surface area contributed by atoms with Crippen LogP contribution < -0.4 is 5.14 Å². The Morgan fingerprint density at radius 2 is 2.06 bits per heavy atom. The molecule has 0 bridgehead atoms. The quantitative estimate of drug-likeness (QED) is 0.592. The lowest BCUT2D eigenvalue weighted by atomic mass is 9.94. The van der Waals surface area contributed by atoms with Gasteiger partial charge >= 0.3 is 0 Å². The largest absolute Gasteiger partial charge is 0.375 e. The number of hydrogen-bond donors (Lipinski definition) is 1. The SMILES string of the molecule is CC1CC(OCC2CO2)CC(C)N1C(=O)CSN. The number of ether oxygens (including phenoxy) is 2. The van der Waals surface area contributed by atoms with Crippen LogP contribution in [0, 0.1) is 0 Å². The monoisotopic (exact) mass is 274 g/mol. The molecular formula is C12H22N2O3S. The Morgan fingerprint density at radius 1 is 1.44 bits per heavy atom. The second-order valence-electron chi connectivity index (χ2n) is 5.19. The molecular weight excluding hydrogens is 252 g/mol. The van der Waals surface area contributed by atoms with Crippen molar-refractivity contribution in [2.75, 3.05) is 19.0 Å². The van der Waals surface area contributed by atoms with Gasteiger partial charge in [0.05, 0.1) is 25.1 Å². The number of carbonyl (C=O) groups excluding carboxylic acids is 1. The lowest BCUT2D eigenvalue weighted by molar-refractivity contribution is -0.138. The van der Waals surface area contributed by atoms with Gasteiger partial charge in [-0.1, -0.05) is 11.9 Å². The molecule has 3 atom stereocenters. The van der Waals surface area contributed by atoms with E-state index >= 15 is 0 Å². The number of piperidine rings is 1. The molecule has 0 aliphatic carbocycles. The molecule has 104 valence electrons. The summed E-state index contributed by atoms with van der Waals surface area (Å²) >= 11 is 1.09. The number of hydrogen-bond acceptors (Lipinski definition) is 5. The molecule has 0 spiro atoms.